The van der Waals surface area contributed by atoms with Crippen LogP contribution in [-0.2, 0) is 10.0 Å². The summed E-state index contributed by atoms with van der Waals surface area (Å²) in [5.74, 6) is -2.67. The molecule has 6 nitrogen and oxygen atoms in total. The van der Waals surface area contributed by atoms with Crippen LogP contribution in [0.3, 0.4) is 0 Å². The number of aromatic nitrogens is 1. The van der Waals surface area contributed by atoms with Gasteiger partial charge in [-0.15, -0.1) is 0 Å². The van der Waals surface area contributed by atoms with E-state index in [-0.39, 0.29) is 16.1 Å². The largest absolute Gasteiger partial charge is 0.306 e. The molecule has 1 amide bonds. The number of alkyl halides is 2. The number of hydrogen-bond donors (Lipinski definition) is 2. The Morgan fingerprint density at radius 1 is 1.07 bits per heavy atom. The van der Waals surface area contributed by atoms with Gasteiger partial charge in [0.15, 0.2) is 0 Å². The third kappa shape index (κ3) is 5.55. The first kappa shape index (κ1) is 21.7. The van der Waals surface area contributed by atoms with E-state index in [1.54, 1.807) is 25.3 Å². The van der Waals surface area contributed by atoms with Gasteiger partial charge in [-0.3, -0.25) is 9.52 Å². The Kier molecular flexibility index (Phi) is 6.68. The average Bonchev–Trinajstić information content (AvgIpc) is 2.71. The van der Waals surface area contributed by atoms with Gasteiger partial charge in [-0.1, -0.05) is 23.9 Å². The number of sulfonamides is 1. The summed E-state index contributed by atoms with van der Waals surface area (Å²) in [6.45, 7) is 1.79. The molecule has 3 rings (SSSR count). The highest BCUT2D eigenvalue weighted by molar-refractivity contribution is 7.99. The molecule has 0 saturated heterocycles. The minimum atomic E-state index is -3.99. The number of benzene rings is 2. The fourth-order valence-electron chi connectivity index (χ4n) is 2.52. The molecule has 1 heterocycles. The molecule has 2 N–H and O–H groups in total. The van der Waals surface area contributed by atoms with Crippen LogP contribution < -0.4 is 10.0 Å². The van der Waals surface area contributed by atoms with Crippen molar-refractivity contribution in [3.05, 3.63) is 78.0 Å². The predicted octanol–water partition coefficient (Wildman–Crippen LogP) is 4.76. The molecule has 1 aromatic heterocycles. The van der Waals surface area contributed by atoms with E-state index < -0.39 is 21.7 Å². The number of nitrogens with one attached hydrogen (secondary N) is 2. The third-order valence-electron chi connectivity index (χ3n) is 3.98. The minimum Gasteiger partial charge on any atom is -0.306 e. The quantitative estimate of drug-likeness (QED) is 0.508. The lowest BCUT2D eigenvalue weighted by Gasteiger charge is -2.11. The van der Waals surface area contributed by atoms with Crippen LogP contribution in [0.15, 0.2) is 76.7 Å². The summed E-state index contributed by atoms with van der Waals surface area (Å²) in [7, 11) is -3.99. The number of thioether (sulfide) groups is 1. The van der Waals surface area contributed by atoms with Gasteiger partial charge in [0.25, 0.3) is 21.7 Å². The molecule has 30 heavy (non-hydrogen) atoms. The van der Waals surface area contributed by atoms with Gasteiger partial charge in [0, 0.05) is 22.3 Å². The van der Waals surface area contributed by atoms with Crippen LogP contribution in [-0.4, -0.2) is 25.1 Å². The molecule has 0 unspecified atom stereocenters. The Morgan fingerprint density at radius 3 is 2.47 bits per heavy atom. The van der Waals surface area contributed by atoms with E-state index >= 15 is 0 Å². The molecule has 0 aliphatic carbocycles. The summed E-state index contributed by atoms with van der Waals surface area (Å²) in [5.41, 5.74) is 1.13. The maximum atomic E-state index is 12.7. The summed E-state index contributed by atoms with van der Waals surface area (Å²) >= 11 is 0.368. The van der Waals surface area contributed by atoms with E-state index in [4.69, 9.17) is 0 Å². The maximum absolute atomic E-state index is 12.7. The zero-order chi connectivity index (χ0) is 21.7. The van der Waals surface area contributed by atoms with Crippen molar-refractivity contribution in [1.82, 2.24) is 4.98 Å². The van der Waals surface area contributed by atoms with Crippen molar-refractivity contribution in [3.63, 3.8) is 0 Å². The highest BCUT2D eigenvalue weighted by Gasteiger charge is 2.17. The zero-order valence-electron chi connectivity index (χ0n) is 15.7. The highest BCUT2D eigenvalue weighted by atomic mass is 32.2. The van der Waals surface area contributed by atoms with Crippen LogP contribution in [0.1, 0.15) is 15.9 Å². The topological polar surface area (TPSA) is 88.2 Å². The number of nitrogens with zero attached hydrogens (tertiary/aromatic N) is 1. The zero-order valence-corrected chi connectivity index (χ0v) is 17.3. The molecular formula is C20H17F2N3O3S2. The van der Waals surface area contributed by atoms with Crippen molar-refractivity contribution in [2.45, 2.75) is 22.5 Å². The van der Waals surface area contributed by atoms with Gasteiger partial charge in [0.2, 0.25) is 0 Å². The van der Waals surface area contributed by atoms with Crippen molar-refractivity contribution in [1.29, 1.82) is 0 Å². The average molecular weight is 450 g/mol. The summed E-state index contributed by atoms with van der Waals surface area (Å²) in [6, 6.07) is 14.6. The van der Waals surface area contributed by atoms with E-state index in [9.17, 15) is 22.0 Å². The first-order chi connectivity index (χ1) is 14.2. The van der Waals surface area contributed by atoms with Gasteiger partial charge in [-0.05, 0) is 61.0 Å². The fourth-order valence-corrected chi connectivity index (χ4v) is 4.12. The molecule has 3 aromatic rings. The van der Waals surface area contributed by atoms with Crippen LogP contribution in [0.4, 0.5) is 20.3 Å². The number of anilines is 2. The molecule has 156 valence electrons. The first-order valence-electron chi connectivity index (χ1n) is 8.65. The Labute approximate surface area is 176 Å². The Morgan fingerprint density at radius 2 is 1.80 bits per heavy atom. The third-order valence-corrected chi connectivity index (χ3v) is 6.08. The maximum Gasteiger partial charge on any atom is 0.288 e. The summed E-state index contributed by atoms with van der Waals surface area (Å²) in [5, 5.41) is 2.65. The number of carbonyl (C=O) groups excluding carboxylic acids is 1. The van der Waals surface area contributed by atoms with Gasteiger partial charge in [0.1, 0.15) is 5.82 Å². The second-order valence-electron chi connectivity index (χ2n) is 6.16. The molecule has 2 aromatic carbocycles. The van der Waals surface area contributed by atoms with Gasteiger partial charge < -0.3 is 5.32 Å². The lowest BCUT2D eigenvalue weighted by molar-refractivity contribution is 0.102. The molecule has 0 aliphatic heterocycles. The molecular weight excluding hydrogens is 432 g/mol. The normalized spacial score (nSPS) is 11.3. The second kappa shape index (κ2) is 9.23. The summed E-state index contributed by atoms with van der Waals surface area (Å²) in [4.78, 5) is 16.8. The second-order valence-corrected chi connectivity index (χ2v) is 8.91. The van der Waals surface area contributed by atoms with Crippen molar-refractivity contribution >= 4 is 39.2 Å². The Bertz CT molecular complexity index is 1150. The molecule has 0 bridgehead atoms. The fraction of sp³-hybridized carbons (Fsp3) is 0.100. The van der Waals surface area contributed by atoms with E-state index in [0.29, 0.717) is 22.5 Å². The standard InChI is InChI=1S/C20H17F2N3O3S2/c1-13-4-3-11-23-18(13)24-19(26)14-5-2-6-17(12-14)30(27,28)25-15-7-9-16(10-8-15)29-20(21)22/h2-12,20,25H,1H3,(H,23,24,26). The molecule has 0 saturated carbocycles. The Balaban J connectivity index is 1.77. The van der Waals surface area contributed by atoms with Gasteiger partial charge in [-0.2, -0.15) is 8.78 Å². The van der Waals surface area contributed by atoms with Gasteiger partial charge in [0.05, 0.1) is 4.90 Å². The van der Waals surface area contributed by atoms with E-state index in [2.05, 4.69) is 15.0 Å². The number of halogens is 2. The first-order valence-corrected chi connectivity index (χ1v) is 11.0. The van der Waals surface area contributed by atoms with Crippen LogP contribution in [0.25, 0.3) is 0 Å². The van der Waals surface area contributed by atoms with Gasteiger partial charge >= 0.3 is 0 Å². The Hall–Kier alpha value is -2.98. The van der Waals surface area contributed by atoms with E-state index in [0.717, 1.165) is 5.56 Å². The van der Waals surface area contributed by atoms with Crippen LogP contribution in [0.5, 0.6) is 0 Å². The minimum absolute atomic E-state index is 0.112. The monoisotopic (exact) mass is 449 g/mol. The van der Waals surface area contributed by atoms with Crippen molar-refractivity contribution < 1.29 is 22.0 Å². The van der Waals surface area contributed by atoms with Crippen LogP contribution in [0.2, 0.25) is 0 Å². The smallest absolute Gasteiger partial charge is 0.288 e. The summed E-state index contributed by atoms with van der Waals surface area (Å²) in [6.07, 6.45) is 1.54. The summed E-state index contributed by atoms with van der Waals surface area (Å²) < 4.78 is 52.5. The van der Waals surface area contributed by atoms with Gasteiger partial charge in [-0.25, -0.2) is 13.4 Å². The number of pyridine rings is 1. The SMILES string of the molecule is Cc1cccnc1NC(=O)c1cccc(S(=O)(=O)Nc2ccc(SC(F)F)cc2)c1. The number of rotatable bonds is 7. The number of aryl methyl sites for hydroxylation is 1. The highest BCUT2D eigenvalue weighted by Crippen LogP contribution is 2.27. The number of hydrogen-bond acceptors (Lipinski definition) is 5. The van der Waals surface area contributed by atoms with Crippen molar-refractivity contribution in [3.8, 4) is 0 Å². The lowest BCUT2D eigenvalue weighted by Crippen LogP contribution is -2.16. The van der Waals surface area contributed by atoms with E-state index in [1.165, 1.54) is 48.5 Å². The number of amides is 1. The van der Waals surface area contributed by atoms with Crippen molar-refractivity contribution in [2.75, 3.05) is 10.0 Å². The molecule has 0 atom stereocenters. The molecule has 0 fully saturated rings. The van der Waals surface area contributed by atoms with Crippen molar-refractivity contribution in [2.24, 2.45) is 0 Å². The predicted molar refractivity (Wildman–Crippen MR) is 112 cm³/mol. The molecule has 0 aliphatic rings. The van der Waals surface area contributed by atoms with E-state index in [1.807, 2.05) is 0 Å². The lowest BCUT2D eigenvalue weighted by atomic mass is 10.2. The number of carbonyl (C=O) groups is 1. The molecule has 0 spiro atoms. The van der Waals surface area contributed by atoms with Crippen LogP contribution >= 0.6 is 11.8 Å². The van der Waals surface area contributed by atoms with Crippen LogP contribution in [0, 0.1) is 6.92 Å². The molecule has 0 radical (unpaired) electrons. The molecule has 10 heteroatoms.